The first kappa shape index (κ1) is 33.2. The molecule has 0 aliphatic carbocycles. The molecule has 5 N–H and O–H groups in total. The number of nitrogens with one attached hydrogen (secondary N) is 5. The Balaban J connectivity index is 1.47. The molecule has 44 heavy (non-hydrogen) atoms. The summed E-state index contributed by atoms with van der Waals surface area (Å²) in [7, 11) is 3.38. The molecule has 0 aromatic heterocycles. The smallest absolute Gasteiger partial charge is 0.246 e. The van der Waals surface area contributed by atoms with Crippen LogP contribution in [0.5, 0.6) is 5.75 Å². The maximum Gasteiger partial charge on any atom is 0.246 e. The van der Waals surface area contributed by atoms with Gasteiger partial charge in [-0.25, -0.2) is 0 Å². The van der Waals surface area contributed by atoms with E-state index in [-0.39, 0.29) is 29.7 Å². The highest BCUT2D eigenvalue weighted by atomic mass is 32.1. The van der Waals surface area contributed by atoms with Crippen molar-refractivity contribution in [1.29, 1.82) is 0 Å². The van der Waals surface area contributed by atoms with Crippen LogP contribution in [0.25, 0.3) is 0 Å². The Kier molecular flexibility index (Phi) is 12.4. The highest BCUT2D eigenvalue weighted by Gasteiger charge is 2.47. The summed E-state index contributed by atoms with van der Waals surface area (Å²) in [6, 6.07) is 15.6. The van der Waals surface area contributed by atoms with Crippen molar-refractivity contribution in [2.24, 2.45) is 5.92 Å². The topological polar surface area (TPSA) is 124 Å². The van der Waals surface area contributed by atoms with Gasteiger partial charge in [0.1, 0.15) is 17.8 Å². The van der Waals surface area contributed by atoms with Gasteiger partial charge in [-0.1, -0.05) is 42.5 Å². The molecule has 5 atom stereocenters. The quantitative estimate of drug-likeness (QED) is 0.215. The third-order valence-corrected chi connectivity index (χ3v) is 8.94. The van der Waals surface area contributed by atoms with Crippen LogP contribution in [0, 0.1) is 5.92 Å². The number of carbonyl (C=O) groups excluding carboxylic acids is 3. The summed E-state index contributed by atoms with van der Waals surface area (Å²) in [5.74, 6) is -0.00570. The van der Waals surface area contributed by atoms with E-state index in [0.717, 1.165) is 29.7 Å². The number of rotatable bonds is 13. The fourth-order valence-corrected chi connectivity index (χ4v) is 6.44. The highest BCUT2D eigenvalue weighted by Crippen LogP contribution is 2.34. The van der Waals surface area contributed by atoms with Crippen molar-refractivity contribution >= 4 is 35.1 Å². The lowest BCUT2D eigenvalue weighted by molar-refractivity contribution is -0.143. The van der Waals surface area contributed by atoms with Crippen molar-refractivity contribution in [1.82, 2.24) is 31.5 Å². The number of thiocarbonyl (C=S) groups is 1. The molecule has 4 rings (SSSR count). The minimum Gasteiger partial charge on any atom is -0.497 e. The van der Waals surface area contributed by atoms with Gasteiger partial charge < -0.3 is 36.2 Å². The van der Waals surface area contributed by atoms with Crippen LogP contribution < -0.4 is 31.3 Å². The number of benzene rings is 2. The molecular weight excluding hydrogens is 576 g/mol. The SMILES string of the molecule is CCNC(=S)NC[C@H]1CC[C@H]2CC[C@@H](C(=O)NCCc3ccc(OC)cc3)N2C(=O)[C@H]1NC(=O)[C@@H](Cc1ccccc1)NC. The van der Waals surface area contributed by atoms with E-state index in [1.54, 1.807) is 19.1 Å². The van der Waals surface area contributed by atoms with Crippen molar-refractivity contribution in [3.8, 4) is 5.75 Å². The van der Waals surface area contributed by atoms with E-state index >= 15 is 0 Å². The molecule has 2 aliphatic rings. The van der Waals surface area contributed by atoms with E-state index in [4.69, 9.17) is 17.0 Å². The number of ether oxygens (including phenoxy) is 1. The largest absolute Gasteiger partial charge is 0.497 e. The van der Waals surface area contributed by atoms with Crippen LogP contribution in [0.3, 0.4) is 0 Å². The van der Waals surface area contributed by atoms with E-state index < -0.39 is 18.1 Å². The van der Waals surface area contributed by atoms with Crippen molar-refractivity contribution in [2.45, 2.75) is 69.6 Å². The second-order valence-electron chi connectivity index (χ2n) is 11.5. The fourth-order valence-electron chi connectivity index (χ4n) is 6.21. The van der Waals surface area contributed by atoms with Gasteiger partial charge in [-0.3, -0.25) is 14.4 Å². The van der Waals surface area contributed by atoms with Crippen LogP contribution in [0.15, 0.2) is 54.6 Å². The molecule has 0 saturated carbocycles. The highest BCUT2D eigenvalue weighted by molar-refractivity contribution is 7.80. The van der Waals surface area contributed by atoms with Crippen molar-refractivity contribution in [2.75, 3.05) is 33.8 Å². The van der Waals surface area contributed by atoms with Crippen LogP contribution in [0.4, 0.5) is 0 Å². The summed E-state index contributed by atoms with van der Waals surface area (Å²) < 4.78 is 5.22. The van der Waals surface area contributed by atoms with Gasteiger partial charge in [-0.05, 0) is 88.0 Å². The van der Waals surface area contributed by atoms with Crippen LogP contribution in [0.2, 0.25) is 0 Å². The molecule has 3 amide bonds. The van der Waals surface area contributed by atoms with Crippen LogP contribution in [0.1, 0.15) is 43.7 Å². The first-order valence-electron chi connectivity index (χ1n) is 15.6. The van der Waals surface area contributed by atoms with E-state index in [9.17, 15) is 14.4 Å². The Morgan fingerprint density at radius 1 is 0.977 bits per heavy atom. The standard InChI is InChI=1S/C33H46N6O4S/c1-4-35-33(44)37-21-24-12-13-25-14-17-28(31(41)36-19-18-22-10-15-26(43-3)16-11-22)39(25)32(42)29(24)38-30(40)27(34-2)20-23-8-6-5-7-9-23/h5-11,15-16,24-25,27-29,34H,4,12-14,17-21H2,1-3H3,(H,36,41)(H,38,40)(H2,35,37,44)/t24-,25+,27-,28+,29+/m1/s1. The normalized spacial score (nSPS) is 21.9. The zero-order valence-electron chi connectivity index (χ0n) is 25.9. The number of hydrogen-bond donors (Lipinski definition) is 5. The average Bonchev–Trinajstić information content (AvgIpc) is 3.42. The summed E-state index contributed by atoms with van der Waals surface area (Å²) in [4.78, 5) is 43.1. The second kappa shape index (κ2) is 16.4. The van der Waals surface area contributed by atoms with Crippen molar-refractivity contribution < 1.29 is 19.1 Å². The number of hydrogen-bond acceptors (Lipinski definition) is 6. The number of carbonyl (C=O) groups is 3. The molecule has 2 fully saturated rings. The van der Waals surface area contributed by atoms with Gasteiger partial charge >= 0.3 is 0 Å². The van der Waals surface area contributed by atoms with Gasteiger partial charge in [-0.2, -0.15) is 0 Å². The number of fused-ring (bicyclic) bond motifs is 1. The Bertz CT molecular complexity index is 1260. The Hall–Kier alpha value is -3.70. The summed E-state index contributed by atoms with van der Waals surface area (Å²) in [5.41, 5.74) is 2.11. The molecule has 2 saturated heterocycles. The summed E-state index contributed by atoms with van der Waals surface area (Å²) in [6.45, 7) is 3.55. The summed E-state index contributed by atoms with van der Waals surface area (Å²) in [6.07, 6.45) is 3.99. The molecule has 0 radical (unpaired) electrons. The predicted molar refractivity (Wildman–Crippen MR) is 175 cm³/mol. The minimum atomic E-state index is -0.788. The minimum absolute atomic E-state index is 0.0469. The molecule has 238 valence electrons. The molecule has 10 nitrogen and oxygen atoms in total. The predicted octanol–water partition coefficient (Wildman–Crippen LogP) is 1.92. The number of likely N-dealkylation sites (N-methyl/N-ethyl adjacent to an activating group) is 1. The maximum absolute atomic E-state index is 14.3. The molecule has 2 aromatic carbocycles. The van der Waals surface area contributed by atoms with Crippen LogP contribution in [-0.4, -0.2) is 85.7 Å². The average molecular weight is 623 g/mol. The third kappa shape index (κ3) is 8.69. The lowest BCUT2D eigenvalue weighted by Gasteiger charge is -2.33. The van der Waals surface area contributed by atoms with Crippen molar-refractivity contribution in [3.63, 3.8) is 0 Å². The van der Waals surface area contributed by atoms with E-state index in [0.29, 0.717) is 50.4 Å². The molecule has 0 spiro atoms. The first-order valence-corrected chi connectivity index (χ1v) is 16.0. The molecular formula is C33H46N6O4S. The Labute approximate surface area is 266 Å². The molecule has 11 heteroatoms. The number of nitrogens with zero attached hydrogens (tertiary/aromatic N) is 1. The van der Waals surface area contributed by atoms with Gasteiger partial charge in [0, 0.05) is 31.6 Å². The summed E-state index contributed by atoms with van der Waals surface area (Å²) in [5, 5.41) is 16.1. The zero-order valence-corrected chi connectivity index (χ0v) is 26.8. The molecule has 2 aromatic rings. The molecule has 2 heterocycles. The summed E-state index contributed by atoms with van der Waals surface area (Å²) >= 11 is 5.39. The molecule has 0 bridgehead atoms. The monoisotopic (exact) mass is 622 g/mol. The second-order valence-corrected chi connectivity index (χ2v) is 11.9. The number of amides is 3. The lowest BCUT2D eigenvalue weighted by atomic mass is 9.92. The van der Waals surface area contributed by atoms with Gasteiger partial charge in [0.15, 0.2) is 5.11 Å². The van der Waals surface area contributed by atoms with E-state index in [2.05, 4.69) is 26.6 Å². The third-order valence-electron chi connectivity index (χ3n) is 8.65. The first-order chi connectivity index (χ1) is 21.3. The Morgan fingerprint density at radius 3 is 2.39 bits per heavy atom. The Morgan fingerprint density at radius 2 is 1.70 bits per heavy atom. The van der Waals surface area contributed by atoms with Crippen LogP contribution >= 0.6 is 12.2 Å². The molecule has 0 unspecified atom stereocenters. The fraction of sp³-hybridized carbons (Fsp3) is 0.515. The van der Waals surface area contributed by atoms with Gasteiger partial charge in [0.05, 0.1) is 13.2 Å². The van der Waals surface area contributed by atoms with Gasteiger partial charge in [0.25, 0.3) is 0 Å². The van der Waals surface area contributed by atoms with Gasteiger partial charge in [0.2, 0.25) is 17.7 Å². The lowest BCUT2D eigenvalue weighted by Crippen LogP contribution is -2.59. The van der Waals surface area contributed by atoms with E-state index in [1.165, 1.54) is 0 Å². The molecule has 2 aliphatic heterocycles. The van der Waals surface area contributed by atoms with Gasteiger partial charge in [-0.15, -0.1) is 0 Å². The zero-order chi connectivity index (χ0) is 31.5. The van der Waals surface area contributed by atoms with E-state index in [1.807, 2.05) is 61.5 Å². The maximum atomic E-state index is 14.3. The van der Waals surface area contributed by atoms with Crippen LogP contribution in [-0.2, 0) is 27.2 Å². The number of methoxy groups -OCH3 is 1. The van der Waals surface area contributed by atoms with Crippen molar-refractivity contribution in [3.05, 3.63) is 65.7 Å².